The van der Waals surface area contributed by atoms with Crippen molar-refractivity contribution in [1.82, 2.24) is 10.2 Å². The molecule has 2 amide bonds. The molecule has 0 spiro atoms. The summed E-state index contributed by atoms with van der Waals surface area (Å²) in [5, 5.41) is 11.5. The Morgan fingerprint density at radius 2 is 1.94 bits per heavy atom. The van der Waals surface area contributed by atoms with Crippen molar-refractivity contribution >= 4 is 17.8 Å². The Labute approximate surface area is 105 Å². The highest BCUT2D eigenvalue weighted by Crippen LogP contribution is 2.25. The molecule has 1 saturated carbocycles. The Morgan fingerprint density at radius 3 is 2.44 bits per heavy atom. The number of carboxylic acids is 1. The maximum atomic E-state index is 12.3. The van der Waals surface area contributed by atoms with E-state index in [2.05, 4.69) is 5.32 Å². The van der Waals surface area contributed by atoms with Crippen LogP contribution in [0.25, 0.3) is 0 Å². The number of nitrogens with one attached hydrogen (secondary N) is 1. The fraction of sp³-hybridized carbons (Fsp3) is 0.750. The zero-order chi connectivity index (χ0) is 13.1. The highest BCUT2D eigenvalue weighted by molar-refractivity contribution is 5.92. The number of hydrogen-bond acceptors (Lipinski definition) is 3. The zero-order valence-corrected chi connectivity index (χ0v) is 10.2. The van der Waals surface area contributed by atoms with Gasteiger partial charge in [-0.25, -0.2) is 0 Å². The lowest BCUT2D eigenvalue weighted by Gasteiger charge is -2.29. The lowest BCUT2D eigenvalue weighted by molar-refractivity contribution is -0.147. The summed E-state index contributed by atoms with van der Waals surface area (Å²) in [7, 11) is 0. The largest absolute Gasteiger partial charge is 0.480 e. The third-order valence-electron chi connectivity index (χ3n) is 3.65. The SMILES string of the molecule is O=C(O)CN(C(=O)[C@@H]1CCC(=O)N1)C1CCCC1. The topological polar surface area (TPSA) is 86.7 Å². The van der Waals surface area contributed by atoms with E-state index in [4.69, 9.17) is 5.11 Å². The first kappa shape index (κ1) is 12.9. The molecule has 1 saturated heterocycles. The van der Waals surface area contributed by atoms with Gasteiger partial charge in [-0.2, -0.15) is 0 Å². The normalized spacial score (nSPS) is 24.0. The van der Waals surface area contributed by atoms with Crippen LogP contribution in [0.1, 0.15) is 38.5 Å². The molecule has 2 fully saturated rings. The van der Waals surface area contributed by atoms with Crippen LogP contribution < -0.4 is 5.32 Å². The molecule has 1 aliphatic carbocycles. The first-order valence-electron chi connectivity index (χ1n) is 6.39. The average Bonchev–Trinajstić information content (AvgIpc) is 2.95. The van der Waals surface area contributed by atoms with E-state index in [1.807, 2.05) is 0 Å². The van der Waals surface area contributed by atoms with E-state index in [1.165, 1.54) is 4.90 Å². The lowest BCUT2D eigenvalue weighted by atomic mass is 10.1. The van der Waals surface area contributed by atoms with Crippen LogP contribution in [-0.4, -0.2) is 46.4 Å². The monoisotopic (exact) mass is 254 g/mol. The molecule has 0 unspecified atom stereocenters. The van der Waals surface area contributed by atoms with Crippen molar-refractivity contribution in [3.8, 4) is 0 Å². The standard InChI is InChI=1S/C12H18N2O4/c15-10-6-5-9(13-10)12(18)14(7-11(16)17)8-3-1-2-4-8/h8-9H,1-7H2,(H,13,15)(H,16,17)/t9-/m0/s1. The van der Waals surface area contributed by atoms with Gasteiger partial charge in [0.1, 0.15) is 12.6 Å². The van der Waals surface area contributed by atoms with Crippen LogP contribution in [0.15, 0.2) is 0 Å². The minimum Gasteiger partial charge on any atom is -0.480 e. The Balaban J connectivity index is 2.04. The predicted molar refractivity (Wildman–Crippen MR) is 62.8 cm³/mol. The highest BCUT2D eigenvalue weighted by Gasteiger charge is 2.35. The molecular formula is C12H18N2O4. The van der Waals surface area contributed by atoms with E-state index < -0.39 is 12.0 Å². The van der Waals surface area contributed by atoms with Crippen molar-refractivity contribution in [1.29, 1.82) is 0 Å². The molecular weight excluding hydrogens is 236 g/mol. The number of amides is 2. The number of rotatable bonds is 4. The molecule has 2 N–H and O–H groups in total. The van der Waals surface area contributed by atoms with Gasteiger partial charge in [0.15, 0.2) is 0 Å². The van der Waals surface area contributed by atoms with Crippen molar-refractivity contribution in [2.45, 2.75) is 50.6 Å². The van der Waals surface area contributed by atoms with E-state index in [-0.39, 0.29) is 24.4 Å². The van der Waals surface area contributed by atoms with E-state index in [0.29, 0.717) is 12.8 Å². The summed E-state index contributed by atoms with van der Waals surface area (Å²) in [6.45, 7) is -0.268. The van der Waals surface area contributed by atoms with Crippen molar-refractivity contribution in [2.24, 2.45) is 0 Å². The van der Waals surface area contributed by atoms with Gasteiger partial charge >= 0.3 is 5.97 Å². The van der Waals surface area contributed by atoms with Crippen LogP contribution in [-0.2, 0) is 14.4 Å². The Bertz CT molecular complexity index is 363. The Kier molecular flexibility index (Phi) is 3.84. The van der Waals surface area contributed by atoms with Crippen molar-refractivity contribution < 1.29 is 19.5 Å². The zero-order valence-electron chi connectivity index (χ0n) is 10.2. The minimum atomic E-state index is -1.00. The number of hydrogen-bond donors (Lipinski definition) is 2. The van der Waals surface area contributed by atoms with Gasteiger partial charge in [-0.1, -0.05) is 12.8 Å². The Hall–Kier alpha value is -1.59. The molecule has 2 rings (SSSR count). The summed E-state index contributed by atoms with van der Waals surface area (Å²) in [6, 6.07) is -0.511. The smallest absolute Gasteiger partial charge is 0.323 e. The summed E-state index contributed by atoms with van der Waals surface area (Å²) in [6.07, 6.45) is 4.61. The summed E-state index contributed by atoms with van der Waals surface area (Å²) >= 11 is 0. The van der Waals surface area contributed by atoms with Crippen LogP contribution in [0.5, 0.6) is 0 Å². The molecule has 1 aliphatic heterocycles. The summed E-state index contributed by atoms with van der Waals surface area (Å²) in [5.41, 5.74) is 0. The third-order valence-corrected chi connectivity index (χ3v) is 3.65. The van der Waals surface area contributed by atoms with Gasteiger partial charge in [-0.15, -0.1) is 0 Å². The molecule has 1 atom stereocenters. The molecule has 0 aromatic rings. The van der Waals surface area contributed by atoms with Gasteiger partial charge < -0.3 is 15.3 Å². The number of nitrogens with zero attached hydrogens (tertiary/aromatic N) is 1. The highest BCUT2D eigenvalue weighted by atomic mass is 16.4. The molecule has 6 heteroatoms. The summed E-state index contributed by atoms with van der Waals surface area (Å²) in [5.74, 6) is -1.37. The van der Waals surface area contributed by atoms with Gasteiger partial charge in [0.05, 0.1) is 0 Å². The second-order valence-electron chi connectivity index (χ2n) is 4.96. The van der Waals surface area contributed by atoms with Crippen LogP contribution in [0.4, 0.5) is 0 Å². The van der Waals surface area contributed by atoms with Crippen molar-refractivity contribution in [3.63, 3.8) is 0 Å². The molecule has 0 aromatic heterocycles. The maximum absolute atomic E-state index is 12.3. The van der Waals surface area contributed by atoms with Crippen molar-refractivity contribution in [2.75, 3.05) is 6.54 Å². The van der Waals surface area contributed by atoms with Crippen LogP contribution in [0, 0.1) is 0 Å². The van der Waals surface area contributed by atoms with E-state index in [1.54, 1.807) is 0 Å². The molecule has 1 heterocycles. The summed E-state index contributed by atoms with van der Waals surface area (Å²) < 4.78 is 0. The van der Waals surface area contributed by atoms with Crippen LogP contribution in [0.2, 0.25) is 0 Å². The second-order valence-corrected chi connectivity index (χ2v) is 4.96. The minimum absolute atomic E-state index is 0.0195. The molecule has 18 heavy (non-hydrogen) atoms. The van der Waals surface area contributed by atoms with Gasteiger partial charge in [-0.05, 0) is 19.3 Å². The van der Waals surface area contributed by atoms with Crippen LogP contribution >= 0.6 is 0 Å². The first-order valence-corrected chi connectivity index (χ1v) is 6.39. The third kappa shape index (κ3) is 2.80. The number of aliphatic carboxylic acids is 1. The molecule has 0 radical (unpaired) electrons. The van der Waals surface area contributed by atoms with E-state index in [0.717, 1.165) is 25.7 Å². The van der Waals surface area contributed by atoms with E-state index >= 15 is 0 Å². The predicted octanol–water partition coefficient (Wildman–Crippen LogP) is 0.121. The number of carbonyl (C=O) groups excluding carboxylic acids is 2. The second kappa shape index (κ2) is 5.37. The number of carboxylic acid groups (broad SMARTS) is 1. The molecule has 2 aliphatic rings. The van der Waals surface area contributed by atoms with E-state index in [9.17, 15) is 14.4 Å². The fourth-order valence-corrected chi connectivity index (χ4v) is 2.75. The molecule has 0 bridgehead atoms. The van der Waals surface area contributed by atoms with Gasteiger partial charge in [-0.3, -0.25) is 14.4 Å². The molecule has 6 nitrogen and oxygen atoms in total. The maximum Gasteiger partial charge on any atom is 0.323 e. The van der Waals surface area contributed by atoms with Gasteiger partial charge in [0, 0.05) is 12.5 Å². The van der Waals surface area contributed by atoms with Crippen molar-refractivity contribution in [3.05, 3.63) is 0 Å². The molecule has 0 aromatic carbocycles. The van der Waals surface area contributed by atoms with Gasteiger partial charge in [0.25, 0.3) is 0 Å². The first-order chi connectivity index (χ1) is 8.58. The van der Waals surface area contributed by atoms with Gasteiger partial charge in [0.2, 0.25) is 11.8 Å². The van der Waals surface area contributed by atoms with Crippen LogP contribution in [0.3, 0.4) is 0 Å². The average molecular weight is 254 g/mol. The lowest BCUT2D eigenvalue weighted by Crippen LogP contribution is -2.50. The quantitative estimate of drug-likeness (QED) is 0.746. The summed E-state index contributed by atoms with van der Waals surface area (Å²) in [4.78, 5) is 35.7. The number of carbonyl (C=O) groups is 3. The molecule has 100 valence electrons. The fourth-order valence-electron chi connectivity index (χ4n) is 2.75. The Morgan fingerprint density at radius 1 is 1.28 bits per heavy atom.